The molecule has 0 spiro atoms. The normalized spacial score (nSPS) is 15.6. The molecular weight excluding hydrogens is 362 g/mol. The summed E-state index contributed by atoms with van der Waals surface area (Å²) in [5.74, 6) is 1.75. The zero-order chi connectivity index (χ0) is 18.8. The molecule has 9 heteroatoms. The minimum atomic E-state index is 0.0860. The minimum Gasteiger partial charge on any atom is -0.353 e. The third-order valence-electron chi connectivity index (χ3n) is 4.54. The number of carbonyl (C=O) groups is 1. The van der Waals surface area contributed by atoms with E-state index in [0.717, 1.165) is 49.0 Å². The molecule has 1 fully saturated rings. The fraction of sp³-hybridized carbons (Fsp3) is 0.444. The maximum atomic E-state index is 11.9. The summed E-state index contributed by atoms with van der Waals surface area (Å²) in [6, 6.07) is 6.14. The number of amides is 1. The number of fused-ring (bicyclic) bond motifs is 1. The first-order valence-electron chi connectivity index (χ1n) is 9.12. The van der Waals surface area contributed by atoms with Crippen molar-refractivity contribution in [3.63, 3.8) is 0 Å². The molecule has 1 saturated heterocycles. The van der Waals surface area contributed by atoms with Crippen LogP contribution in [-0.2, 0) is 4.79 Å². The van der Waals surface area contributed by atoms with Crippen LogP contribution in [0.3, 0.4) is 0 Å². The van der Waals surface area contributed by atoms with Gasteiger partial charge >= 0.3 is 0 Å². The molecule has 0 aromatic carbocycles. The molecule has 0 bridgehead atoms. The van der Waals surface area contributed by atoms with E-state index in [1.165, 1.54) is 0 Å². The van der Waals surface area contributed by atoms with Crippen molar-refractivity contribution in [2.75, 3.05) is 37.6 Å². The maximum absolute atomic E-state index is 11.9. The van der Waals surface area contributed by atoms with Crippen LogP contribution in [0.5, 0.6) is 0 Å². The van der Waals surface area contributed by atoms with Gasteiger partial charge in [-0.25, -0.2) is 0 Å². The van der Waals surface area contributed by atoms with Crippen molar-refractivity contribution in [1.82, 2.24) is 30.0 Å². The number of anilines is 1. The van der Waals surface area contributed by atoms with Gasteiger partial charge < -0.3 is 10.2 Å². The molecule has 0 saturated carbocycles. The van der Waals surface area contributed by atoms with Crippen LogP contribution in [-0.4, -0.2) is 69.4 Å². The van der Waals surface area contributed by atoms with Crippen LogP contribution in [0, 0.1) is 0 Å². The molecule has 3 aromatic rings. The van der Waals surface area contributed by atoms with E-state index in [4.69, 9.17) is 5.10 Å². The van der Waals surface area contributed by atoms with E-state index in [-0.39, 0.29) is 11.9 Å². The van der Waals surface area contributed by atoms with Crippen LogP contribution in [0.15, 0.2) is 29.0 Å². The molecule has 4 heterocycles. The predicted octanol–water partition coefficient (Wildman–Crippen LogP) is 1.50. The number of carbonyl (C=O) groups excluding carboxylic acids is 1. The molecule has 4 rings (SSSR count). The zero-order valence-corrected chi connectivity index (χ0v) is 16.3. The van der Waals surface area contributed by atoms with Gasteiger partial charge in [-0.3, -0.25) is 9.69 Å². The Balaban J connectivity index is 1.45. The first-order chi connectivity index (χ1) is 13.1. The average Bonchev–Trinajstić information content (AvgIpc) is 3.30. The molecular formula is C18H23N7OS. The minimum absolute atomic E-state index is 0.0860. The van der Waals surface area contributed by atoms with E-state index in [2.05, 4.69) is 25.3 Å². The van der Waals surface area contributed by atoms with Crippen LogP contribution in [0.2, 0.25) is 0 Å². The number of nitrogens with one attached hydrogen (secondary N) is 1. The Morgan fingerprint density at radius 3 is 2.70 bits per heavy atom. The van der Waals surface area contributed by atoms with Gasteiger partial charge in [-0.15, -0.1) is 15.3 Å². The molecule has 27 heavy (non-hydrogen) atoms. The highest BCUT2D eigenvalue weighted by Gasteiger charge is 2.21. The van der Waals surface area contributed by atoms with Crippen LogP contribution in [0.1, 0.15) is 13.8 Å². The number of hydrogen-bond acceptors (Lipinski definition) is 7. The molecule has 142 valence electrons. The quantitative estimate of drug-likeness (QED) is 0.717. The highest BCUT2D eigenvalue weighted by Crippen LogP contribution is 2.22. The van der Waals surface area contributed by atoms with Crippen LogP contribution >= 0.6 is 11.3 Å². The van der Waals surface area contributed by atoms with Gasteiger partial charge in [0.15, 0.2) is 11.5 Å². The van der Waals surface area contributed by atoms with Gasteiger partial charge in [-0.1, -0.05) is 0 Å². The molecule has 1 amide bonds. The second-order valence-electron chi connectivity index (χ2n) is 6.98. The fourth-order valence-corrected chi connectivity index (χ4v) is 3.86. The van der Waals surface area contributed by atoms with Gasteiger partial charge in [0, 0.05) is 43.2 Å². The van der Waals surface area contributed by atoms with Gasteiger partial charge in [0.2, 0.25) is 5.91 Å². The molecule has 0 radical (unpaired) electrons. The Kier molecular flexibility index (Phi) is 5.04. The van der Waals surface area contributed by atoms with Crippen molar-refractivity contribution >= 4 is 28.7 Å². The molecule has 1 N–H and O–H groups in total. The summed E-state index contributed by atoms with van der Waals surface area (Å²) >= 11 is 1.63. The van der Waals surface area contributed by atoms with E-state index < -0.39 is 0 Å². The van der Waals surface area contributed by atoms with E-state index in [9.17, 15) is 4.79 Å². The molecule has 1 aliphatic rings. The highest BCUT2D eigenvalue weighted by molar-refractivity contribution is 7.08. The van der Waals surface area contributed by atoms with Gasteiger partial charge in [-0.05, 0) is 37.4 Å². The van der Waals surface area contributed by atoms with Gasteiger partial charge in [0.05, 0.1) is 6.54 Å². The average molecular weight is 385 g/mol. The lowest BCUT2D eigenvalue weighted by atomic mass is 10.3. The second-order valence-corrected chi connectivity index (χ2v) is 7.76. The topological polar surface area (TPSA) is 78.7 Å². The number of thiophene rings is 1. The summed E-state index contributed by atoms with van der Waals surface area (Å²) in [5.41, 5.74) is 1.77. The SMILES string of the molecule is CC(C)NC(=O)CN1CCN(c2ccc3nnc(-c4ccsc4)n3n2)CC1. The maximum Gasteiger partial charge on any atom is 0.234 e. The number of aromatic nitrogens is 4. The van der Waals surface area contributed by atoms with Crippen molar-refractivity contribution in [3.8, 4) is 11.4 Å². The standard InChI is InChI=1S/C18H23N7OS/c1-13(2)19-17(26)11-23-6-8-24(9-7-23)16-4-3-15-20-21-18(25(15)22-16)14-5-10-27-12-14/h3-5,10,12-13H,6-9,11H2,1-2H3,(H,19,26). The van der Waals surface area contributed by atoms with Crippen molar-refractivity contribution in [2.24, 2.45) is 0 Å². The number of hydrogen-bond donors (Lipinski definition) is 1. The Morgan fingerprint density at radius 2 is 2.00 bits per heavy atom. The van der Waals surface area contributed by atoms with Crippen molar-refractivity contribution in [1.29, 1.82) is 0 Å². The Morgan fingerprint density at radius 1 is 1.19 bits per heavy atom. The van der Waals surface area contributed by atoms with E-state index in [1.807, 2.05) is 42.8 Å². The monoisotopic (exact) mass is 385 g/mol. The molecule has 0 atom stereocenters. The highest BCUT2D eigenvalue weighted by atomic mass is 32.1. The fourth-order valence-electron chi connectivity index (χ4n) is 3.23. The van der Waals surface area contributed by atoms with Crippen molar-refractivity contribution in [2.45, 2.75) is 19.9 Å². The second kappa shape index (κ2) is 7.61. The Labute approximate surface area is 161 Å². The number of nitrogens with zero attached hydrogens (tertiary/aromatic N) is 6. The Bertz CT molecular complexity index is 913. The van der Waals surface area contributed by atoms with Gasteiger partial charge in [0.1, 0.15) is 5.82 Å². The smallest absolute Gasteiger partial charge is 0.234 e. The van der Waals surface area contributed by atoms with Crippen LogP contribution < -0.4 is 10.2 Å². The summed E-state index contributed by atoms with van der Waals surface area (Å²) in [6.45, 7) is 7.76. The predicted molar refractivity (Wildman–Crippen MR) is 106 cm³/mol. The summed E-state index contributed by atoms with van der Waals surface area (Å²) in [4.78, 5) is 16.4. The molecule has 1 aliphatic heterocycles. The Hall–Kier alpha value is -2.52. The summed E-state index contributed by atoms with van der Waals surface area (Å²) in [6.07, 6.45) is 0. The lowest BCUT2D eigenvalue weighted by Gasteiger charge is -2.35. The first-order valence-corrected chi connectivity index (χ1v) is 10.1. The van der Waals surface area contributed by atoms with Crippen LogP contribution in [0.25, 0.3) is 17.0 Å². The van der Waals surface area contributed by atoms with E-state index in [0.29, 0.717) is 6.54 Å². The third-order valence-corrected chi connectivity index (χ3v) is 5.22. The van der Waals surface area contributed by atoms with E-state index >= 15 is 0 Å². The van der Waals surface area contributed by atoms with Crippen molar-refractivity contribution < 1.29 is 4.79 Å². The summed E-state index contributed by atoms with van der Waals surface area (Å²) < 4.78 is 1.81. The van der Waals surface area contributed by atoms with Crippen molar-refractivity contribution in [3.05, 3.63) is 29.0 Å². The van der Waals surface area contributed by atoms with Gasteiger partial charge in [-0.2, -0.15) is 15.9 Å². The number of rotatable bonds is 5. The largest absolute Gasteiger partial charge is 0.353 e. The summed E-state index contributed by atoms with van der Waals surface area (Å²) in [5, 5.41) is 20.3. The molecule has 0 aliphatic carbocycles. The van der Waals surface area contributed by atoms with Gasteiger partial charge in [0.25, 0.3) is 0 Å². The molecule has 0 unspecified atom stereocenters. The number of piperazine rings is 1. The lowest BCUT2D eigenvalue weighted by molar-refractivity contribution is -0.122. The van der Waals surface area contributed by atoms with Crippen LogP contribution in [0.4, 0.5) is 5.82 Å². The third kappa shape index (κ3) is 3.93. The zero-order valence-electron chi connectivity index (χ0n) is 15.5. The van der Waals surface area contributed by atoms with E-state index in [1.54, 1.807) is 15.9 Å². The lowest BCUT2D eigenvalue weighted by Crippen LogP contribution is -2.50. The first kappa shape index (κ1) is 17.9. The molecule has 8 nitrogen and oxygen atoms in total. The molecule has 3 aromatic heterocycles. The summed E-state index contributed by atoms with van der Waals surface area (Å²) in [7, 11) is 0.